The van der Waals surface area contributed by atoms with E-state index in [2.05, 4.69) is 12.1 Å². The van der Waals surface area contributed by atoms with E-state index < -0.39 is 11.9 Å². The van der Waals surface area contributed by atoms with Crippen LogP contribution in [0.5, 0.6) is 0 Å². The van der Waals surface area contributed by atoms with Gasteiger partial charge in [0.25, 0.3) is 0 Å². The molecule has 1 N–H and O–H groups in total. The largest absolute Gasteiger partial charge is 0.481 e. The lowest BCUT2D eigenvalue weighted by Crippen LogP contribution is -2.42. The molecule has 5 nitrogen and oxygen atoms in total. The molecule has 21 heavy (non-hydrogen) atoms. The maximum absolute atomic E-state index is 12.3. The summed E-state index contributed by atoms with van der Waals surface area (Å²) in [7, 11) is 1.66. The van der Waals surface area contributed by atoms with Crippen LogP contribution in [0.2, 0.25) is 0 Å². The molecule has 5 heteroatoms. The van der Waals surface area contributed by atoms with E-state index in [1.54, 1.807) is 14.0 Å². The van der Waals surface area contributed by atoms with E-state index in [4.69, 9.17) is 5.11 Å². The van der Waals surface area contributed by atoms with Gasteiger partial charge >= 0.3 is 12.0 Å². The molecule has 2 atom stereocenters. The Morgan fingerprint density at radius 2 is 2.05 bits per heavy atom. The zero-order valence-corrected chi connectivity index (χ0v) is 12.5. The van der Waals surface area contributed by atoms with Crippen LogP contribution in [0.15, 0.2) is 30.3 Å². The van der Waals surface area contributed by atoms with Crippen molar-refractivity contribution in [1.82, 2.24) is 9.80 Å². The average molecular weight is 290 g/mol. The fourth-order valence-corrected chi connectivity index (χ4v) is 2.74. The molecule has 2 unspecified atom stereocenters. The molecule has 2 rings (SSSR count). The Bertz CT molecular complexity index is 504. The molecule has 1 aliphatic heterocycles. The van der Waals surface area contributed by atoms with Crippen molar-refractivity contribution in [1.29, 1.82) is 0 Å². The van der Waals surface area contributed by atoms with Crippen molar-refractivity contribution in [3.63, 3.8) is 0 Å². The first-order valence-corrected chi connectivity index (χ1v) is 7.27. The molecule has 114 valence electrons. The van der Waals surface area contributed by atoms with Gasteiger partial charge < -0.3 is 14.9 Å². The first-order chi connectivity index (χ1) is 9.99. The Labute approximate surface area is 125 Å². The van der Waals surface area contributed by atoms with Crippen LogP contribution < -0.4 is 0 Å². The van der Waals surface area contributed by atoms with Crippen LogP contribution in [0.1, 0.15) is 24.8 Å². The number of hydrogen-bond acceptors (Lipinski definition) is 2. The van der Waals surface area contributed by atoms with E-state index in [1.807, 2.05) is 23.1 Å². The Morgan fingerprint density at radius 1 is 1.38 bits per heavy atom. The van der Waals surface area contributed by atoms with Crippen LogP contribution in [-0.2, 0) is 4.79 Å². The second-order valence-electron chi connectivity index (χ2n) is 5.74. The number of likely N-dealkylation sites (tertiary alicyclic amines) is 1. The molecule has 1 heterocycles. The minimum atomic E-state index is -0.877. The highest BCUT2D eigenvalue weighted by molar-refractivity contribution is 5.76. The predicted octanol–water partition coefficient (Wildman–Crippen LogP) is 2.25. The number of urea groups is 1. The van der Waals surface area contributed by atoms with Gasteiger partial charge in [-0.15, -0.1) is 0 Å². The van der Waals surface area contributed by atoms with E-state index in [0.717, 1.165) is 13.0 Å². The number of carbonyl (C=O) groups excluding carboxylic acids is 1. The van der Waals surface area contributed by atoms with Gasteiger partial charge in [-0.1, -0.05) is 37.3 Å². The molecule has 1 aromatic rings. The van der Waals surface area contributed by atoms with Crippen LogP contribution in [0.25, 0.3) is 0 Å². The number of hydrogen-bond donors (Lipinski definition) is 1. The first kappa shape index (κ1) is 15.4. The molecule has 1 saturated heterocycles. The number of carbonyl (C=O) groups is 2. The van der Waals surface area contributed by atoms with Crippen LogP contribution in [-0.4, -0.2) is 53.6 Å². The highest BCUT2D eigenvalue weighted by atomic mass is 16.4. The number of carboxylic acid groups (broad SMARTS) is 1. The fourth-order valence-electron chi connectivity index (χ4n) is 2.74. The molecule has 0 aromatic heterocycles. The molecule has 0 aliphatic carbocycles. The van der Waals surface area contributed by atoms with Crippen molar-refractivity contribution in [2.45, 2.75) is 19.3 Å². The van der Waals surface area contributed by atoms with Crippen molar-refractivity contribution >= 4 is 12.0 Å². The molecule has 1 aliphatic rings. The lowest BCUT2D eigenvalue weighted by atomic mass is 9.99. The van der Waals surface area contributed by atoms with E-state index >= 15 is 0 Å². The molecule has 0 saturated carbocycles. The van der Waals surface area contributed by atoms with Crippen LogP contribution in [0, 0.1) is 5.92 Å². The van der Waals surface area contributed by atoms with Gasteiger partial charge in [-0.2, -0.15) is 0 Å². The monoisotopic (exact) mass is 290 g/mol. The van der Waals surface area contributed by atoms with Gasteiger partial charge in [0.15, 0.2) is 0 Å². The zero-order valence-electron chi connectivity index (χ0n) is 12.5. The molecule has 0 radical (unpaired) electrons. The van der Waals surface area contributed by atoms with Crippen molar-refractivity contribution in [3.05, 3.63) is 35.9 Å². The van der Waals surface area contributed by atoms with Gasteiger partial charge in [-0.3, -0.25) is 4.79 Å². The Hall–Kier alpha value is -2.04. The Balaban J connectivity index is 1.91. The molecular formula is C16H22N2O3. The summed E-state index contributed by atoms with van der Waals surface area (Å²) < 4.78 is 0. The van der Waals surface area contributed by atoms with Crippen LogP contribution >= 0.6 is 0 Å². The molecule has 0 spiro atoms. The Morgan fingerprint density at radius 3 is 2.67 bits per heavy atom. The smallest absolute Gasteiger partial charge is 0.319 e. The number of benzene rings is 1. The zero-order chi connectivity index (χ0) is 15.4. The third kappa shape index (κ3) is 3.74. The predicted molar refractivity (Wildman–Crippen MR) is 80.2 cm³/mol. The van der Waals surface area contributed by atoms with Gasteiger partial charge in [-0.05, 0) is 12.0 Å². The molecular weight excluding hydrogens is 268 g/mol. The minimum Gasteiger partial charge on any atom is -0.481 e. The summed E-state index contributed by atoms with van der Waals surface area (Å²) >= 11 is 0. The van der Waals surface area contributed by atoms with Crippen molar-refractivity contribution < 1.29 is 14.7 Å². The molecule has 0 bridgehead atoms. The molecule has 1 fully saturated rings. The number of carboxylic acids is 1. The van der Waals surface area contributed by atoms with E-state index in [0.29, 0.717) is 12.5 Å². The third-order valence-electron chi connectivity index (χ3n) is 4.03. The summed E-state index contributed by atoms with van der Waals surface area (Å²) in [4.78, 5) is 26.5. The summed E-state index contributed by atoms with van der Waals surface area (Å²) in [5.74, 6) is -1.05. The lowest BCUT2D eigenvalue weighted by Gasteiger charge is -2.26. The van der Waals surface area contributed by atoms with Crippen molar-refractivity contribution in [2.24, 2.45) is 5.92 Å². The van der Waals surface area contributed by atoms with Gasteiger partial charge in [-0.25, -0.2) is 4.79 Å². The van der Waals surface area contributed by atoms with Crippen molar-refractivity contribution in [3.8, 4) is 0 Å². The number of amides is 2. The lowest BCUT2D eigenvalue weighted by molar-refractivity contribution is -0.141. The third-order valence-corrected chi connectivity index (χ3v) is 4.03. The summed E-state index contributed by atoms with van der Waals surface area (Å²) in [6, 6.07) is 10.1. The normalized spacial score (nSPS) is 19.3. The SMILES string of the molecule is CC(CN(C)C(=O)N1CCC(c2ccccc2)C1)C(=O)O. The summed E-state index contributed by atoms with van der Waals surface area (Å²) in [5.41, 5.74) is 1.26. The minimum absolute atomic E-state index is 0.0819. The highest BCUT2D eigenvalue weighted by Gasteiger charge is 2.29. The number of nitrogens with zero attached hydrogens (tertiary/aromatic N) is 2. The average Bonchev–Trinajstić information content (AvgIpc) is 2.96. The maximum Gasteiger partial charge on any atom is 0.319 e. The van der Waals surface area contributed by atoms with Crippen molar-refractivity contribution in [2.75, 3.05) is 26.7 Å². The molecule has 1 aromatic carbocycles. The second-order valence-corrected chi connectivity index (χ2v) is 5.74. The summed E-state index contributed by atoms with van der Waals surface area (Å²) in [6.07, 6.45) is 0.956. The van der Waals surface area contributed by atoms with Crippen LogP contribution in [0.3, 0.4) is 0 Å². The first-order valence-electron chi connectivity index (χ1n) is 7.27. The van der Waals surface area contributed by atoms with E-state index in [1.165, 1.54) is 10.5 Å². The highest BCUT2D eigenvalue weighted by Crippen LogP contribution is 2.27. The van der Waals surface area contributed by atoms with E-state index in [-0.39, 0.29) is 12.6 Å². The van der Waals surface area contributed by atoms with Crippen LogP contribution in [0.4, 0.5) is 4.79 Å². The fraction of sp³-hybridized carbons (Fsp3) is 0.500. The van der Waals surface area contributed by atoms with Gasteiger partial charge in [0.05, 0.1) is 5.92 Å². The topological polar surface area (TPSA) is 60.9 Å². The second kappa shape index (κ2) is 6.61. The maximum atomic E-state index is 12.3. The number of aliphatic carboxylic acids is 1. The Kier molecular flexibility index (Phi) is 4.83. The van der Waals surface area contributed by atoms with Gasteiger partial charge in [0.2, 0.25) is 0 Å². The summed E-state index contributed by atoms with van der Waals surface area (Å²) in [6.45, 7) is 3.28. The quantitative estimate of drug-likeness (QED) is 0.925. The molecule has 2 amide bonds. The van der Waals surface area contributed by atoms with Gasteiger partial charge in [0.1, 0.15) is 0 Å². The number of rotatable bonds is 4. The summed E-state index contributed by atoms with van der Waals surface area (Å²) in [5, 5.41) is 8.92. The standard InChI is InChI=1S/C16H22N2O3/c1-12(15(19)20)10-17(2)16(21)18-9-8-14(11-18)13-6-4-3-5-7-13/h3-7,12,14H,8-11H2,1-2H3,(H,19,20). The van der Waals surface area contributed by atoms with E-state index in [9.17, 15) is 9.59 Å². The van der Waals surface area contributed by atoms with Gasteiger partial charge in [0, 0.05) is 32.6 Å².